The number of carbonyl (C=O) groups is 1. The Balaban J connectivity index is 1.84. The molecule has 0 atom stereocenters. The van der Waals surface area contributed by atoms with Crippen LogP contribution in [0.25, 0.3) is 0 Å². The first-order chi connectivity index (χ1) is 9.58. The highest BCUT2D eigenvalue weighted by Crippen LogP contribution is 2.36. The third kappa shape index (κ3) is 3.62. The quantitative estimate of drug-likeness (QED) is 0.723. The minimum atomic E-state index is 0.215. The summed E-state index contributed by atoms with van der Waals surface area (Å²) in [4.78, 5) is 14.6. The van der Waals surface area contributed by atoms with Crippen molar-refractivity contribution >= 4 is 17.4 Å². The van der Waals surface area contributed by atoms with E-state index in [0.717, 1.165) is 25.2 Å². The van der Waals surface area contributed by atoms with Gasteiger partial charge in [0.05, 0.1) is 0 Å². The second-order valence-corrected chi connectivity index (χ2v) is 6.35. The van der Waals surface area contributed by atoms with E-state index in [1.54, 1.807) is 12.1 Å². The smallest absolute Gasteiger partial charge is 0.164 e. The molecule has 1 aromatic carbocycles. The normalized spacial score (nSPS) is 18.4. The highest BCUT2D eigenvalue weighted by molar-refractivity contribution is 6.30. The van der Waals surface area contributed by atoms with Gasteiger partial charge in [-0.2, -0.15) is 0 Å². The van der Waals surface area contributed by atoms with Crippen LogP contribution < -0.4 is 0 Å². The van der Waals surface area contributed by atoms with Crippen LogP contribution in [0.4, 0.5) is 0 Å². The molecule has 2 nitrogen and oxygen atoms in total. The molecule has 0 unspecified atom stereocenters. The molecule has 110 valence electrons. The maximum Gasteiger partial charge on any atom is 0.164 e. The second-order valence-electron chi connectivity index (χ2n) is 5.91. The molecule has 0 spiro atoms. The number of likely N-dealkylation sites (tertiary alicyclic amines) is 1. The predicted molar refractivity (Wildman–Crippen MR) is 84.5 cm³/mol. The molecule has 0 bridgehead atoms. The summed E-state index contributed by atoms with van der Waals surface area (Å²) in [5.74, 6) is 0.215. The minimum Gasteiger partial charge on any atom is -0.302 e. The average molecular weight is 294 g/mol. The summed E-state index contributed by atoms with van der Waals surface area (Å²) in [6.45, 7) is 7.73. The van der Waals surface area contributed by atoms with Gasteiger partial charge in [0.15, 0.2) is 5.78 Å². The Bertz CT molecular complexity index is 451. The number of rotatable bonds is 6. The van der Waals surface area contributed by atoms with Gasteiger partial charge in [0.2, 0.25) is 0 Å². The van der Waals surface area contributed by atoms with E-state index in [4.69, 9.17) is 11.6 Å². The maximum absolute atomic E-state index is 12.1. The Morgan fingerprint density at radius 3 is 2.45 bits per heavy atom. The third-order valence-electron chi connectivity index (χ3n) is 4.84. The largest absolute Gasteiger partial charge is 0.302 e. The molecule has 1 aliphatic rings. The standard InChI is InChI=1S/C17H24ClNO/c1-3-17(4-2)10-12-19(13-17)11-9-16(20)14-5-7-15(18)8-6-14/h5-8H,3-4,9-13H2,1-2H3. The summed E-state index contributed by atoms with van der Waals surface area (Å²) in [6.07, 6.45) is 4.36. The Kier molecular flexibility index (Phi) is 5.22. The molecule has 1 aliphatic heterocycles. The molecule has 1 fully saturated rings. The number of nitrogens with zero attached hydrogens (tertiary/aromatic N) is 1. The van der Waals surface area contributed by atoms with Crippen LogP contribution in [0, 0.1) is 5.41 Å². The topological polar surface area (TPSA) is 20.3 Å². The fourth-order valence-electron chi connectivity index (χ4n) is 3.09. The van der Waals surface area contributed by atoms with Gasteiger partial charge in [0.25, 0.3) is 0 Å². The van der Waals surface area contributed by atoms with E-state index >= 15 is 0 Å². The van der Waals surface area contributed by atoms with Crippen LogP contribution in [-0.2, 0) is 0 Å². The molecule has 1 heterocycles. The molecule has 2 rings (SSSR count). The lowest BCUT2D eigenvalue weighted by atomic mass is 9.82. The fraction of sp³-hybridized carbons (Fsp3) is 0.588. The summed E-state index contributed by atoms with van der Waals surface area (Å²) >= 11 is 5.84. The third-order valence-corrected chi connectivity index (χ3v) is 5.09. The van der Waals surface area contributed by atoms with E-state index in [-0.39, 0.29) is 5.78 Å². The van der Waals surface area contributed by atoms with Crippen LogP contribution in [0.2, 0.25) is 5.02 Å². The monoisotopic (exact) mass is 293 g/mol. The van der Waals surface area contributed by atoms with Crippen molar-refractivity contribution in [1.29, 1.82) is 0 Å². The maximum atomic E-state index is 12.1. The fourth-order valence-corrected chi connectivity index (χ4v) is 3.21. The zero-order valence-corrected chi connectivity index (χ0v) is 13.2. The van der Waals surface area contributed by atoms with E-state index in [1.165, 1.54) is 19.3 Å². The zero-order valence-electron chi connectivity index (χ0n) is 12.5. The Labute approximate surface area is 127 Å². The van der Waals surface area contributed by atoms with Crippen LogP contribution in [0.1, 0.15) is 49.9 Å². The number of hydrogen-bond donors (Lipinski definition) is 0. The second kappa shape index (κ2) is 6.73. The molecule has 0 N–H and O–H groups in total. The van der Waals surface area contributed by atoms with E-state index in [0.29, 0.717) is 16.9 Å². The molecular formula is C17H24ClNO. The Morgan fingerprint density at radius 2 is 1.90 bits per heavy atom. The number of ketones is 1. The Hall–Kier alpha value is -0.860. The van der Waals surface area contributed by atoms with Gasteiger partial charge in [0.1, 0.15) is 0 Å². The number of benzene rings is 1. The SMILES string of the molecule is CCC1(CC)CCN(CCC(=O)c2ccc(Cl)cc2)C1. The first-order valence-electron chi connectivity index (χ1n) is 7.60. The van der Waals surface area contributed by atoms with Gasteiger partial charge in [-0.15, -0.1) is 0 Å². The first kappa shape index (κ1) is 15.5. The molecule has 0 amide bonds. The molecule has 0 radical (unpaired) electrons. The molecule has 0 aromatic heterocycles. The summed E-state index contributed by atoms with van der Waals surface area (Å²) in [7, 11) is 0. The van der Waals surface area contributed by atoms with E-state index < -0.39 is 0 Å². The summed E-state index contributed by atoms with van der Waals surface area (Å²) < 4.78 is 0. The van der Waals surface area contributed by atoms with Gasteiger partial charge in [-0.25, -0.2) is 0 Å². The molecular weight excluding hydrogens is 270 g/mol. The van der Waals surface area contributed by atoms with Gasteiger partial charge in [-0.1, -0.05) is 25.4 Å². The highest BCUT2D eigenvalue weighted by atomic mass is 35.5. The Morgan fingerprint density at radius 1 is 1.25 bits per heavy atom. The van der Waals surface area contributed by atoms with Crippen LogP contribution in [0.15, 0.2) is 24.3 Å². The van der Waals surface area contributed by atoms with E-state index in [1.807, 2.05) is 12.1 Å². The van der Waals surface area contributed by atoms with E-state index in [9.17, 15) is 4.79 Å². The average Bonchev–Trinajstić information content (AvgIpc) is 2.90. The van der Waals surface area contributed by atoms with E-state index in [2.05, 4.69) is 18.7 Å². The van der Waals surface area contributed by atoms with Crippen LogP contribution in [0.3, 0.4) is 0 Å². The van der Waals surface area contributed by atoms with Crippen LogP contribution in [-0.4, -0.2) is 30.3 Å². The zero-order chi connectivity index (χ0) is 14.6. The summed E-state index contributed by atoms with van der Waals surface area (Å²) in [5, 5.41) is 0.678. The van der Waals surface area contributed by atoms with Crippen molar-refractivity contribution in [2.24, 2.45) is 5.41 Å². The highest BCUT2D eigenvalue weighted by Gasteiger charge is 2.34. The first-order valence-corrected chi connectivity index (χ1v) is 7.97. The molecule has 1 aromatic rings. The molecule has 0 aliphatic carbocycles. The van der Waals surface area contributed by atoms with Gasteiger partial charge >= 0.3 is 0 Å². The van der Waals surface area contributed by atoms with Gasteiger partial charge in [0, 0.05) is 30.1 Å². The summed E-state index contributed by atoms with van der Waals surface area (Å²) in [6, 6.07) is 7.20. The number of hydrogen-bond acceptors (Lipinski definition) is 2. The van der Waals surface area contributed by atoms with Crippen molar-refractivity contribution in [3.05, 3.63) is 34.9 Å². The number of Topliss-reactive ketones (excluding diaryl/α,β-unsaturated/α-hetero) is 1. The van der Waals surface area contributed by atoms with Crippen molar-refractivity contribution in [3.8, 4) is 0 Å². The van der Waals surface area contributed by atoms with Gasteiger partial charge in [-0.3, -0.25) is 4.79 Å². The molecule has 1 saturated heterocycles. The van der Waals surface area contributed by atoms with Crippen molar-refractivity contribution < 1.29 is 4.79 Å². The van der Waals surface area contributed by atoms with Gasteiger partial charge in [-0.05, 0) is 55.5 Å². The molecule has 3 heteroatoms. The lowest BCUT2D eigenvalue weighted by Crippen LogP contribution is -2.28. The molecule has 20 heavy (non-hydrogen) atoms. The van der Waals surface area contributed by atoms with Crippen molar-refractivity contribution in [2.75, 3.05) is 19.6 Å². The number of carbonyl (C=O) groups excluding carboxylic acids is 1. The number of halogens is 1. The van der Waals surface area contributed by atoms with Crippen LogP contribution >= 0.6 is 11.6 Å². The lowest BCUT2D eigenvalue weighted by molar-refractivity contribution is 0.0965. The van der Waals surface area contributed by atoms with Crippen molar-refractivity contribution in [2.45, 2.75) is 39.5 Å². The van der Waals surface area contributed by atoms with Crippen LogP contribution in [0.5, 0.6) is 0 Å². The molecule has 0 saturated carbocycles. The minimum absolute atomic E-state index is 0.215. The van der Waals surface area contributed by atoms with Gasteiger partial charge < -0.3 is 4.90 Å². The van der Waals surface area contributed by atoms with Crippen molar-refractivity contribution in [1.82, 2.24) is 4.90 Å². The lowest BCUT2D eigenvalue weighted by Gasteiger charge is -2.26. The van der Waals surface area contributed by atoms with Crippen molar-refractivity contribution in [3.63, 3.8) is 0 Å². The predicted octanol–water partition coefficient (Wildman–Crippen LogP) is 4.42. The summed E-state index contributed by atoms with van der Waals surface area (Å²) in [5.41, 5.74) is 1.26.